The van der Waals surface area contributed by atoms with Crippen LogP contribution in [0.25, 0.3) is 16.9 Å². The Labute approximate surface area is 141 Å². The highest BCUT2D eigenvalue weighted by molar-refractivity contribution is 5.83. The molecule has 4 rings (SSSR count). The quantitative estimate of drug-likeness (QED) is 0.549. The number of hydrogen-bond acceptors (Lipinski definition) is 6. The lowest BCUT2D eigenvalue weighted by Crippen LogP contribution is -2.08. The van der Waals surface area contributed by atoms with Gasteiger partial charge in [0.25, 0.3) is 0 Å². The lowest BCUT2D eigenvalue weighted by Gasteiger charge is -2.07. The van der Waals surface area contributed by atoms with E-state index in [-0.39, 0.29) is 12.5 Å². The number of nitrogen functional groups attached to an aromatic ring is 2. The summed E-state index contributed by atoms with van der Waals surface area (Å²) in [7, 11) is 0. The van der Waals surface area contributed by atoms with E-state index in [1.165, 1.54) is 6.07 Å². The Morgan fingerprint density at radius 1 is 1.12 bits per heavy atom. The van der Waals surface area contributed by atoms with Crippen LogP contribution in [-0.4, -0.2) is 29.5 Å². The number of nitrogens with two attached hydrogens (primary N) is 2. The number of aromatic nitrogens is 6. The van der Waals surface area contributed by atoms with Gasteiger partial charge in [-0.2, -0.15) is 20.2 Å². The molecule has 0 saturated carbocycles. The van der Waals surface area contributed by atoms with Crippen molar-refractivity contribution < 1.29 is 4.39 Å². The Morgan fingerprint density at radius 3 is 2.68 bits per heavy atom. The molecule has 0 amide bonds. The number of rotatable bonds is 3. The molecule has 126 valence electrons. The van der Waals surface area contributed by atoms with E-state index >= 15 is 0 Å². The molecule has 0 fully saturated rings. The zero-order valence-electron chi connectivity index (χ0n) is 13.4. The average Bonchev–Trinajstić information content (AvgIpc) is 3.16. The van der Waals surface area contributed by atoms with Crippen molar-refractivity contribution in [2.75, 3.05) is 11.5 Å². The van der Waals surface area contributed by atoms with Crippen LogP contribution in [0.5, 0.6) is 0 Å². The highest BCUT2D eigenvalue weighted by atomic mass is 19.1. The summed E-state index contributed by atoms with van der Waals surface area (Å²) < 4.78 is 17.3. The highest BCUT2D eigenvalue weighted by Gasteiger charge is 2.15. The summed E-state index contributed by atoms with van der Waals surface area (Å²) in [5.74, 6) is 0.225. The summed E-state index contributed by atoms with van der Waals surface area (Å²) in [5.41, 5.74) is 13.7. The highest BCUT2D eigenvalue weighted by Crippen LogP contribution is 2.21. The van der Waals surface area contributed by atoms with Crippen molar-refractivity contribution in [2.24, 2.45) is 0 Å². The standard InChI is InChI=1S/C16H15FN8/c1-9-5-20-24(7-9)14-12-6-21-25(15(12)23-16(19)22-14)8-10-2-3-11(18)4-13(10)17/h2-7H,8,18H2,1H3,(H2,19,22,23). The minimum atomic E-state index is -0.395. The SMILES string of the molecule is Cc1cnn(-c2nc(N)nc3c2cnn3Cc2ccc(N)cc2F)c1. The van der Waals surface area contributed by atoms with Gasteiger partial charge in [-0.1, -0.05) is 6.07 Å². The van der Waals surface area contributed by atoms with Crippen LogP contribution >= 0.6 is 0 Å². The Balaban J connectivity index is 1.83. The second kappa shape index (κ2) is 5.55. The molecule has 3 heterocycles. The fourth-order valence-electron chi connectivity index (χ4n) is 2.63. The molecule has 9 heteroatoms. The van der Waals surface area contributed by atoms with Gasteiger partial charge in [0.1, 0.15) is 5.82 Å². The van der Waals surface area contributed by atoms with Gasteiger partial charge in [0, 0.05) is 17.4 Å². The first-order valence-electron chi connectivity index (χ1n) is 7.56. The minimum absolute atomic E-state index is 0.0928. The molecule has 0 aliphatic heterocycles. The number of fused-ring (bicyclic) bond motifs is 1. The maximum atomic E-state index is 14.1. The van der Waals surface area contributed by atoms with Crippen LogP contribution in [0.1, 0.15) is 11.1 Å². The van der Waals surface area contributed by atoms with Gasteiger partial charge >= 0.3 is 0 Å². The summed E-state index contributed by atoms with van der Waals surface area (Å²) in [6, 6.07) is 4.55. The van der Waals surface area contributed by atoms with E-state index in [0.29, 0.717) is 28.1 Å². The Bertz CT molecular complexity index is 1080. The average molecular weight is 338 g/mol. The van der Waals surface area contributed by atoms with Crippen molar-refractivity contribution in [2.45, 2.75) is 13.5 Å². The van der Waals surface area contributed by atoms with Crippen LogP contribution in [-0.2, 0) is 6.54 Å². The van der Waals surface area contributed by atoms with E-state index in [2.05, 4.69) is 20.2 Å². The largest absolute Gasteiger partial charge is 0.399 e. The molecule has 8 nitrogen and oxygen atoms in total. The molecule has 0 radical (unpaired) electrons. The molecule has 0 saturated heterocycles. The molecule has 1 aromatic carbocycles. The molecule has 4 aromatic rings. The van der Waals surface area contributed by atoms with Crippen molar-refractivity contribution in [1.82, 2.24) is 29.5 Å². The van der Waals surface area contributed by atoms with Crippen molar-refractivity contribution in [1.29, 1.82) is 0 Å². The minimum Gasteiger partial charge on any atom is -0.399 e. The van der Waals surface area contributed by atoms with Gasteiger partial charge in [0.15, 0.2) is 11.5 Å². The Kier molecular flexibility index (Phi) is 3.34. The topological polar surface area (TPSA) is 113 Å². The van der Waals surface area contributed by atoms with E-state index in [1.54, 1.807) is 33.9 Å². The van der Waals surface area contributed by atoms with Crippen LogP contribution in [0.4, 0.5) is 16.0 Å². The van der Waals surface area contributed by atoms with Crippen LogP contribution in [0.15, 0.2) is 36.8 Å². The molecule has 25 heavy (non-hydrogen) atoms. The van der Waals surface area contributed by atoms with E-state index in [9.17, 15) is 4.39 Å². The number of nitrogens with zero attached hydrogens (tertiary/aromatic N) is 6. The third-order valence-electron chi connectivity index (χ3n) is 3.82. The molecule has 0 spiro atoms. The Morgan fingerprint density at radius 2 is 1.96 bits per heavy atom. The van der Waals surface area contributed by atoms with Gasteiger partial charge in [-0.05, 0) is 24.6 Å². The lowest BCUT2D eigenvalue weighted by molar-refractivity contribution is 0.590. The monoisotopic (exact) mass is 338 g/mol. The number of hydrogen-bond donors (Lipinski definition) is 2. The number of halogens is 1. The van der Waals surface area contributed by atoms with Crippen molar-refractivity contribution >= 4 is 22.7 Å². The predicted octanol–water partition coefficient (Wildman–Crippen LogP) is 1.67. The molecule has 0 aliphatic carbocycles. The molecule has 4 N–H and O–H groups in total. The maximum absolute atomic E-state index is 14.1. The molecule has 0 aliphatic rings. The first kappa shape index (κ1) is 15.1. The number of aryl methyl sites for hydroxylation is 1. The fraction of sp³-hybridized carbons (Fsp3) is 0.125. The van der Waals surface area contributed by atoms with Crippen LogP contribution < -0.4 is 11.5 Å². The van der Waals surface area contributed by atoms with Gasteiger partial charge in [-0.25, -0.2) is 13.8 Å². The lowest BCUT2D eigenvalue weighted by atomic mass is 10.2. The molecule has 0 bridgehead atoms. The number of anilines is 2. The van der Waals surface area contributed by atoms with Gasteiger partial charge in [0.05, 0.1) is 24.3 Å². The van der Waals surface area contributed by atoms with Crippen molar-refractivity contribution in [3.8, 4) is 5.82 Å². The van der Waals surface area contributed by atoms with E-state index < -0.39 is 5.82 Å². The van der Waals surface area contributed by atoms with Gasteiger partial charge in [0.2, 0.25) is 5.95 Å². The van der Waals surface area contributed by atoms with Crippen molar-refractivity contribution in [3.05, 3.63) is 53.7 Å². The van der Waals surface area contributed by atoms with Gasteiger partial charge in [-0.3, -0.25) is 0 Å². The van der Waals surface area contributed by atoms with Crippen LogP contribution in [0.2, 0.25) is 0 Å². The number of benzene rings is 1. The third-order valence-corrected chi connectivity index (χ3v) is 3.82. The third kappa shape index (κ3) is 2.65. The predicted molar refractivity (Wildman–Crippen MR) is 91.5 cm³/mol. The molecule has 0 unspecified atom stereocenters. The summed E-state index contributed by atoms with van der Waals surface area (Å²) in [5, 5.41) is 9.24. The summed E-state index contributed by atoms with van der Waals surface area (Å²) in [4.78, 5) is 8.51. The molecule has 0 atom stereocenters. The Hall–Kier alpha value is -3.49. The zero-order valence-corrected chi connectivity index (χ0v) is 13.4. The summed E-state index contributed by atoms with van der Waals surface area (Å²) >= 11 is 0. The smallest absolute Gasteiger partial charge is 0.224 e. The van der Waals surface area contributed by atoms with Crippen LogP contribution in [0, 0.1) is 12.7 Å². The first-order chi connectivity index (χ1) is 12.0. The van der Waals surface area contributed by atoms with Crippen LogP contribution in [0.3, 0.4) is 0 Å². The first-order valence-corrected chi connectivity index (χ1v) is 7.56. The van der Waals surface area contributed by atoms with E-state index in [4.69, 9.17) is 11.5 Å². The molecule has 3 aromatic heterocycles. The summed E-state index contributed by atoms with van der Waals surface area (Å²) in [6.07, 6.45) is 5.17. The fourth-order valence-corrected chi connectivity index (χ4v) is 2.63. The van der Waals surface area contributed by atoms with Crippen molar-refractivity contribution in [3.63, 3.8) is 0 Å². The maximum Gasteiger partial charge on any atom is 0.224 e. The molecular weight excluding hydrogens is 323 g/mol. The normalized spacial score (nSPS) is 11.3. The molecular formula is C16H15FN8. The van der Waals surface area contributed by atoms with Gasteiger partial charge in [-0.15, -0.1) is 0 Å². The summed E-state index contributed by atoms with van der Waals surface area (Å²) in [6.45, 7) is 2.13. The second-order valence-electron chi connectivity index (χ2n) is 5.76. The van der Waals surface area contributed by atoms with E-state index in [1.807, 2.05) is 13.1 Å². The second-order valence-corrected chi connectivity index (χ2v) is 5.76. The van der Waals surface area contributed by atoms with Gasteiger partial charge < -0.3 is 11.5 Å². The van der Waals surface area contributed by atoms with E-state index in [0.717, 1.165) is 5.56 Å². The zero-order chi connectivity index (χ0) is 17.6.